The van der Waals surface area contributed by atoms with Crippen LogP contribution in [-0.4, -0.2) is 136 Å². The van der Waals surface area contributed by atoms with Gasteiger partial charge in [0.05, 0.1) is 5.56 Å². The van der Waals surface area contributed by atoms with Gasteiger partial charge in [-0.2, -0.15) is 0 Å². The molecule has 1 aromatic heterocycles. The van der Waals surface area contributed by atoms with E-state index in [0.717, 1.165) is 72.7 Å². The lowest BCUT2D eigenvalue weighted by Gasteiger charge is -2.32. The number of piperazine rings is 1. The molecule has 0 aliphatic carbocycles. The first kappa shape index (κ1) is 49.1. The first-order valence-electron chi connectivity index (χ1n) is 19.4. The van der Waals surface area contributed by atoms with Crippen molar-refractivity contribution in [2.45, 2.75) is 53.0 Å². The molecule has 4 rings (SSSR count). The molecular weight excluding hydrogens is 760 g/mol. The summed E-state index contributed by atoms with van der Waals surface area (Å²) in [5, 5.41) is 11.3. The van der Waals surface area contributed by atoms with Gasteiger partial charge >= 0.3 is 0 Å². The molecule has 0 bridgehead atoms. The van der Waals surface area contributed by atoms with Crippen LogP contribution in [0.1, 0.15) is 75.0 Å². The van der Waals surface area contributed by atoms with Crippen molar-refractivity contribution in [2.75, 3.05) is 77.6 Å². The fourth-order valence-electron chi connectivity index (χ4n) is 6.31. The van der Waals surface area contributed by atoms with Gasteiger partial charge in [-0.25, -0.2) is 4.39 Å². The predicted octanol–water partition coefficient (Wildman–Crippen LogP) is 3.85. The molecule has 15 nitrogen and oxygen atoms in total. The molecule has 0 spiro atoms. The standard InChI is InChI=1S/C24H32FN5O2.C17H22N2O4.C2H5NO/c1-16-22(13-18(15-31)20-14-19(25)5-6-21(20)26-3)28-17(2)23(16)24(32)27-7-8-30-11-9-29(4)10-12-30;1-13(6-4-10-20)19(12-22)17(23)15-7-3-8-16(14(15)2)18-9-5-11-21;1-3-2-4/h5-6,13-15,26,28H,7-12H2,1-4H3,(H,27,32);3,7-8,10-13,18H,4-6,9H2,1-2H3;2H,1H3,(H,3,4)/b18-13+;;. The van der Waals surface area contributed by atoms with Gasteiger partial charge in [0, 0.05) is 118 Å². The van der Waals surface area contributed by atoms with Crippen molar-refractivity contribution < 1.29 is 38.0 Å². The normalized spacial score (nSPS) is 13.3. The molecule has 0 saturated carbocycles. The number of anilines is 2. The molecule has 4 amide bonds. The molecule has 2 aromatic carbocycles. The molecule has 1 saturated heterocycles. The van der Waals surface area contributed by atoms with Gasteiger partial charge in [-0.3, -0.25) is 33.8 Å². The number of carbonyl (C=O) groups excluding carboxylic acids is 7. The van der Waals surface area contributed by atoms with E-state index in [1.807, 2.05) is 19.9 Å². The summed E-state index contributed by atoms with van der Waals surface area (Å²) in [7, 11) is 5.40. The Balaban J connectivity index is 0.000000391. The van der Waals surface area contributed by atoms with Gasteiger partial charge in [0.25, 0.3) is 11.8 Å². The number of likely N-dealkylation sites (N-methyl/N-ethyl adjacent to an activating group) is 1. The van der Waals surface area contributed by atoms with E-state index in [2.05, 4.69) is 43.1 Å². The van der Waals surface area contributed by atoms with Crippen molar-refractivity contribution in [3.05, 3.63) is 81.4 Å². The summed E-state index contributed by atoms with van der Waals surface area (Å²) in [5.41, 5.74) is 6.03. The summed E-state index contributed by atoms with van der Waals surface area (Å²) in [5.74, 6) is -0.958. The summed E-state index contributed by atoms with van der Waals surface area (Å²) >= 11 is 0. The minimum Gasteiger partial charge on any atom is -0.388 e. The van der Waals surface area contributed by atoms with Gasteiger partial charge < -0.3 is 40.7 Å². The lowest BCUT2D eigenvalue weighted by atomic mass is 10.0. The molecule has 1 atom stereocenters. The van der Waals surface area contributed by atoms with E-state index < -0.39 is 11.7 Å². The zero-order chi connectivity index (χ0) is 43.9. The number of aldehydes is 3. The zero-order valence-corrected chi connectivity index (χ0v) is 35.2. The predicted molar refractivity (Wildman–Crippen MR) is 229 cm³/mol. The van der Waals surface area contributed by atoms with Crippen LogP contribution in [0.4, 0.5) is 15.8 Å². The van der Waals surface area contributed by atoms with Gasteiger partial charge in [-0.1, -0.05) is 6.07 Å². The molecule has 59 heavy (non-hydrogen) atoms. The van der Waals surface area contributed by atoms with Crippen molar-refractivity contribution in [3.8, 4) is 0 Å². The number of benzene rings is 2. The number of aryl methyl sites for hydroxylation is 1. The summed E-state index contributed by atoms with van der Waals surface area (Å²) in [6, 6.07) is 9.10. The van der Waals surface area contributed by atoms with Crippen LogP contribution in [0.5, 0.6) is 0 Å². The second-order valence-electron chi connectivity index (χ2n) is 13.9. The minimum atomic E-state index is -0.424. The van der Waals surface area contributed by atoms with Crippen LogP contribution >= 0.6 is 0 Å². The average molecular weight is 819 g/mol. The van der Waals surface area contributed by atoms with Crippen LogP contribution in [0.15, 0.2) is 36.4 Å². The van der Waals surface area contributed by atoms with E-state index in [1.165, 1.54) is 12.1 Å². The van der Waals surface area contributed by atoms with Crippen LogP contribution in [0.25, 0.3) is 11.6 Å². The highest BCUT2D eigenvalue weighted by Gasteiger charge is 2.23. The molecule has 1 aliphatic heterocycles. The number of halogens is 1. The highest BCUT2D eigenvalue weighted by molar-refractivity contribution is 6.15. The number of nitrogens with zero attached hydrogens (tertiary/aromatic N) is 3. The van der Waals surface area contributed by atoms with Crippen molar-refractivity contribution in [3.63, 3.8) is 0 Å². The number of aromatic amines is 1. The fourth-order valence-corrected chi connectivity index (χ4v) is 6.31. The third kappa shape index (κ3) is 15.0. The van der Waals surface area contributed by atoms with Crippen LogP contribution < -0.4 is 21.3 Å². The number of imide groups is 1. The lowest BCUT2D eigenvalue weighted by Crippen LogP contribution is -2.46. The molecule has 320 valence electrons. The van der Waals surface area contributed by atoms with Gasteiger partial charge in [-0.15, -0.1) is 0 Å². The van der Waals surface area contributed by atoms with E-state index in [4.69, 9.17) is 4.79 Å². The number of aromatic nitrogens is 1. The number of allylic oxidation sites excluding steroid dienone is 1. The SMILES string of the molecule is CNC=O.CNc1ccc(F)cc1/C(C=O)=C/c1[nH]c(C)c(C(=O)NCCN2CCN(C)CC2)c1C.Cc1c(NCCC=O)cccc1C(=O)N(C=O)C(C)CCC=O. The summed E-state index contributed by atoms with van der Waals surface area (Å²) in [6.07, 6.45) is 6.18. The Morgan fingerprint density at radius 1 is 0.898 bits per heavy atom. The molecule has 16 heteroatoms. The summed E-state index contributed by atoms with van der Waals surface area (Å²) in [4.78, 5) is 87.4. The maximum atomic E-state index is 13.8. The fraction of sp³-hybridized carbons (Fsp3) is 0.419. The van der Waals surface area contributed by atoms with Crippen molar-refractivity contribution in [1.29, 1.82) is 0 Å². The van der Waals surface area contributed by atoms with E-state index in [0.29, 0.717) is 85.1 Å². The molecule has 5 N–H and O–H groups in total. The number of hydrogen-bond donors (Lipinski definition) is 5. The van der Waals surface area contributed by atoms with Crippen molar-refractivity contribution >= 4 is 66.5 Å². The van der Waals surface area contributed by atoms with E-state index in [9.17, 15) is 33.2 Å². The number of nitrogens with one attached hydrogen (secondary N) is 5. The van der Waals surface area contributed by atoms with E-state index in [1.54, 1.807) is 52.2 Å². The van der Waals surface area contributed by atoms with Crippen molar-refractivity contribution in [2.24, 2.45) is 0 Å². The van der Waals surface area contributed by atoms with Crippen LogP contribution in [-0.2, 0) is 24.0 Å². The molecular formula is C43H59FN8O7. The number of H-pyrrole nitrogens is 1. The Bertz CT molecular complexity index is 1910. The molecule has 3 aromatic rings. The third-order valence-corrected chi connectivity index (χ3v) is 9.79. The maximum absolute atomic E-state index is 13.8. The number of hydrogen-bond acceptors (Lipinski definition) is 11. The number of rotatable bonds is 19. The quantitative estimate of drug-likeness (QED) is 0.0671. The highest BCUT2D eigenvalue weighted by Crippen LogP contribution is 2.28. The monoisotopic (exact) mass is 818 g/mol. The lowest BCUT2D eigenvalue weighted by molar-refractivity contribution is -0.118. The van der Waals surface area contributed by atoms with Gasteiger partial charge in [0.1, 0.15) is 18.4 Å². The Kier molecular flexibility index (Phi) is 21.7. The highest BCUT2D eigenvalue weighted by atomic mass is 19.1. The van der Waals surface area contributed by atoms with E-state index >= 15 is 0 Å². The topological polar surface area (TPSA) is 193 Å². The third-order valence-electron chi connectivity index (χ3n) is 9.79. The van der Waals surface area contributed by atoms with Crippen LogP contribution in [0.2, 0.25) is 0 Å². The first-order valence-corrected chi connectivity index (χ1v) is 19.4. The van der Waals surface area contributed by atoms with E-state index in [-0.39, 0.29) is 11.9 Å². The Labute approximate surface area is 346 Å². The molecule has 1 fully saturated rings. The molecule has 0 radical (unpaired) electrons. The smallest absolute Gasteiger partial charge is 0.260 e. The van der Waals surface area contributed by atoms with Crippen LogP contribution in [0, 0.1) is 26.6 Å². The second-order valence-corrected chi connectivity index (χ2v) is 13.9. The largest absolute Gasteiger partial charge is 0.388 e. The maximum Gasteiger partial charge on any atom is 0.260 e. The zero-order valence-electron chi connectivity index (χ0n) is 35.2. The Morgan fingerprint density at radius 2 is 1.58 bits per heavy atom. The van der Waals surface area contributed by atoms with Gasteiger partial charge in [0.15, 0.2) is 6.29 Å². The minimum absolute atomic E-state index is 0.139. The number of amides is 4. The Morgan fingerprint density at radius 3 is 2.17 bits per heavy atom. The van der Waals surface area contributed by atoms with Gasteiger partial charge in [0.2, 0.25) is 12.8 Å². The average Bonchev–Trinajstić information content (AvgIpc) is 3.52. The molecule has 2 heterocycles. The van der Waals surface area contributed by atoms with Crippen LogP contribution in [0.3, 0.4) is 0 Å². The molecule has 1 aliphatic rings. The molecule has 1 unspecified atom stereocenters. The summed E-state index contributed by atoms with van der Waals surface area (Å²) in [6.45, 7) is 13.2. The number of carbonyl (C=O) groups is 7. The summed E-state index contributed by atoms with van der Waals surface area (Å²) < 4.78 is 13.8. The Hall–Kier alpha value is -6.00. The first-order chi connectivity index (χ1) is 28.3. The van der Waals surface area contributed by atoms with Gasteiger partial charge in [-0.05, 0) is 88.7 Å². The second kappa shape index (κ2) is 26.1. The van der Waals surface area contributed by atoms with Crippen molar-refractivity contribution in [1.82, 2.24) is 30.3 Å².